The Labute approximate surface area is 254 Å². The van der Waals surface area contributed by atoms with Crippen LogP contribution >= 0.6 is 0 Å². The molecule has 2 aliphatic carbocycles. The summed E-state index contributed by atoms with van der Waals surface area (Å²) in [6.07, 6.45) is -3.63. The first-order chi connectivity index (χ1) is 21.4. The number of rotatable bonds is 6. The summed E-state index contributed by atoms with van der Waals surface area (Å²) in [4.78, 5) is 0. The molecule has 0 aromatic heterocycles. The number of methoxy groups -OCH3 is 2. The van der Waals surface area contributed by atoms with Crippen molar-refractivity contribution in [2.75, 3.05) is 14.2 Å². The van der Waals surface area contributed by atoms with E-state index in [9.17, 15) is 20.4 Å². The third kappa shape index (κ3) is 3.82. The molecule has 0 saturated carbocycles. The Kier molecular flexibility index (Phi) is 6.05. The van der Waals surface area contributed by atoms with Gasteiger partial charge >= 0.3 is 0 Å². The summed E-state index contributed by atoms with van der Waals surface area (Å²) >= 11 is 0. The fourth-order valence-electron chi connectivity index (χ4n) is 7.11. The Bertz CT molecular complexity index is 1950. The van der Waals surface area contributed by atoms with Crippen molar-refractivity contribution >= 4 is 21.5 Å². The second-order valence-electron chi connectivity index (χ2n) is 11.6. The van der Waals surface area contributed by atoms with E-state index in [1.807, 2.05) is 97.1 Å². The molecule has 0 saturated heterocycles. The summed E-state index contributed by atoms with van der Waals surface area (Å²) in [5, 5.41) is 49.9. The summed E-state index contributed by atoms with van der Waals surface area (Å²) in [7, 11) is 3.21. The first-order valence-corrected chi connectivity index (χ1v) is 14.6. The lowest BCUT2D eigenvalue weighted by molar-refractivity contribution is 0.211. The zero-order chi connectivity index (χ0) is 30.3. The van der Waals surface area contributed by atoms with E-state index in [0.717, 1.165) is 54.9 Å². The molecule has 0 amide bonds. The van der Waals surface area contributed by atoms with Gasteiger partial charge in [-0.25, -0.2) is 0 Å². The molecule has 6 aromatic rings. The van der Waals surface area contributed by atoms with Gasteiger partial charge in [0.15, 0.2) is 0 Å². The Morgan fingerprint density at radius 3 is 1.23 bits per heavy atom. The minimum atomic E-state index is -0.921. The first-order valence-electron chi connectivity index (χ1n) is 14.6. The summed E-state index contributed by atoms with van der Waals surface area (Å²) in [6, 6.07) is 30.1. The van der Waals surface area contributed by atoms with E-state index in [2.05, 4.69) is 0 Å². The van der Waals surface area contributed by atoms with Crippen molar-refractivity contribution in [3.8, 4) is 22.6 Å². The number of aliphatic hydroxyl groups is 4. The smallest absolute Gasteiger partial charge is 0.118 e. The van der Waals surface area contributed by atoms with Crippen LogP contribution in [0.1, 0.15) is 68.9 Å². The Hall–Kier alpha value is -4.72. The molecular formula is C38H30O6. The maximum absolute atomic E-state index is 11.8. The molecule has 2 aliphatic rings. The van der Waals surface area contributed by atoms with E-state index in [1.165, 1.54) is 0 Å². The van der Waals surface area contributed by atoms with Gasteiger partial charge in [-0.15, -0.1) is 0 Å². The molecule has 0 radical (unpaired) electrons. The van der Waals surface area contributed by atoms with Crippen molar-refractivity contribution in [3.63, 3.8) is 0 Å². The molecule has 0 aliphatic heterocycles. The summed E-state index contributed by atoms with van der Waals surface area (Å²) in [5.74, 6) is 1.42. The van der Waals surface area contributed by atoms with E-state index < -0.39 is 24.4 Å². The molecule has 4 N–H and O–H groups in total. The number of benzene rings is 6. The molecule has 4 atom stereocenters. The Morgan fingerprint density at radius 1 is 0.477 bits per heavy atom. The van der Waals surface area contributed by atoms with Crippen molar-refractivity contribution in [1.82, 2.24) is 0 Å². The highest BCUT2D eigenvalue weighted by atomic mass is 16.5. The predicted molar refractivity (Wildman–Crippen MR) is 169 cm³/mol. The number of aliphatic hydroxyl groups excluding tert-OH is 4. The average Bonchev–Trinajstić information content (AvgIpc) is 3.08. The fraction of sp³-hybridized carbons (Fsp3) is 0.158. The van der Waals surface area contributed by atoms with Gasteiger partial charge in [-0.2, -0.15) is 0 Å². The molecular weight excluding hydrogens is 552 g/mol. The lowest BCUT2D eigenvalue weighted by Crippen LogP contribution is -2.17. The maximum atomic E-state index is 11.8. The van der Waals surface area contributed by atoms with Crippen LogP contribution in [0.3, 0.4) is 0 Å². The van der Waals surface area contributed by atoms with Crippen LogP contribution in [0, 0.1) is 0 Å². The SMILES string of the molecule is COc1ccc(C(O)c2cc3c4c5c(ccc4c2)C(O)c2cc(C(O)c4ccc(OC)cc4)cc4ccc(c-5c24)C3O)cc1. The monoisotopic (exact) mass is 582 g/mol. The van der Waals surface area contributed by atoms with Crippen LogP contribution in [-0.4, -0.2) is 34.6 Å². The van der Waals surface area contributed by atoms with Crippen LogP contribution in [0.5, 0.6) is 11.5 Å². The first kappa shape index (κ1) is 26.9. The molecule has 8 rings (SSSR count). The summed E-state index contributed by atoms with van der Waals surface area (Å²) in [6.45, 7) is 0. The van der Waals surface area contributed by atoms with Gasteiger partial charge < -0.3 is 29.9 Å². The second-order valence-corrected chi connectivity index (χ2v) is 11.6. The van der Waals surface area contributed by atoms with Gasteiger partial charge in [-0.3, -0.25) is 0 Å². The van der Waals surface area contributed by atoms with Crippen molar-refractivity contribution in [1.29, 1.82) is 0 Å². The van der Waals surface area contributed by atoms with E-state index in [1.54, 1.807) is 14.2 Å². The molecule has 6 heteroatoms. The van der Waals surface area contributed by atoms with E-state index in [-0.39, 0.29) is 0 Å². The molecule has 44 heavy (non-hydrogen) atoms. The van der Waals surface area contributed by atoms with Crippen LogP contribution in [0.15, 0.2) is 97.1 Å². The summed E-state index contributed by atoms with van der Waals surface area (Å²) < 4.78 is 10.5. The van der Waals surface area contributed by atoms with Crippen LogP contribution in [0.4, 0.5) is 0 Å². The topological polar surface area (TPSA) is 99.4 Å². The third-order valence-electron chi connectivity index (χ3n) is 9.33. The van der Waals surface area contributed by atoms with Gasteiger partial charge in [0.25, 0.3) is 0 Å². The third-order valence-corrected chi connectivity index (χ3v) is 9.33. The van der Waals surface area contributed by atoms with E-state index >= 15 is 0 Å². The molecule has 0 heterocycles. The van der Waals surface area contributed by atoms with Gasteiger partial charge in [0.2, 0.25) is 0 Å². The van der Waals surface area contributed by atoms with Gasteiger partial charge in [-0.1, -0.05) is 48.5 Å². The second kappa shape index (κ2) is 9.91. The summed E-state index contributed by atoms with van der Waals surface area (Å²) in [5.41, 5.74) is 7.55. The number of hydrogen-bond acceptors (Lipinski definition) is 6. The average molecular weight is 583 g/mol. The van der Waals surface area contributed by atoms with Crippen molar-refractivity contribution in [3.05, 3.63) is 142 Å². The molecule has 6 nitrogen and oxygen atoms in total. The number of hydrogen-bond donors (Lipinski definition) is 4. The highest BCUT2D eigenvalue weighted by molar-refractivity contribution is 6.14. The largest absolute Gasteiger partial charge is 0.497 e. The standard InChI is InChI=1S/C38H30O6/c1-43-25-9-3-19(4-10-25)35(39)23-15-21-7-13-28-33-31(21)29(17-23)37(41)27-14-8-22-16-24(18-30(38(28)42)32(22)34(27)33)36(40)20-5-11-26(44-2)12-6-20/h3-18,35-42H,1-2H3. The zero-order valence-corrected chi connectivity index (χ0v) is 24.2. The van der Waals surface area contributed by atoms with Gasteiger partial charge in [-0.05, 0) is 126 Å². The van der Waals surface area contributed by atoms with Gasteiger partial charge in [0, 0.05) is 0 Å². The van der Waals surface area contributed by atoms with Crippen molar-refractivity contribution in [2.45, 2.75) is 24.4 Å². The molecule has 0 fully saturated rings. The highest BCUT2D eigenvalue weighted by Gasteiger charge is 2.36. The van der Waals surface area contributed by atoms with E-state index in [4.69, 9.17) is 9.47 Å². The normalized spacial score (nSPS) is 17.6. The molecule has 6 aromatic carbocycles. The maximum Gasteiger partial charge on any atom is 0.118 e. The quantitative estimate of drug-likeness (QED) is 0.176. The Morgan fingerprint density at radius 2 is 0.864 bits per heavy atom. The zero-order valence-electron chi connectivity index (χ0n) is 24.2. The Balaban J connectivity index is 1.30. The lowest BCUT2D eigenvalue weighted by Gasteiger charge is -2.35. The van der Waals surface area contributed by atoms with E-state index in [0.29, 0.717) is 33.8 Å². The van der Waals surface area contributed by atoms with Crippen LogP contribution < -0.4 is 9.47 Å². The lowest BCUT2D eigenvalue weighted by atomic mass is 9.71. The fourth-order valence-corrected chi connectivity index (χ4v) is 7.11. The molecule has 218 valence electrons. The predicted octanol–water partition coefficient (Wildman–Crippen LogP) is 6.63. The number of ether oxygens (including phenoxy) is 2. The highest BCUT2D eigenvalue weighted by Crippen LogP contribution is 2.55. The molecule has 0 bridgehead atoms. The molecule has 4 unspecified atom stereocenters. The minimum absolute atomic E-state index is 0.676. The van der Waals surface area contributed by atoms with Crippen molar-refractivity contribution in [2.24, 2.45) is 0 Å². The minimum Gasteiger partial charge on any atom is -0.497 e. The van der Waals surface area contributed by atoms with Crippen LogP contribution in [0.2, 0.25) is 0 Å². The molecule has 0 spiro atoms. The van der Waals surface area contributed by atoms with Crippen LogP contribution in [0.25, 0.3) is 32.7 Å². The van der Waals surface area contributed by atoms with Crippen molar-refractivity contribution < 1.29 is 29.9 Å². The van der Waals surface area contributed by atoms with Gasteiger partial charge in [0.05, 0.1) is 14.2 Å². The van der Waals surface area contributed by atoms with Crippen LogP contribution in [-0.2, 0) is 0 Å². The van der Waals surface area contributed by atoms with Gasteiger partial charge in [0.1, 0.15) is 35.9 Å².